The average Bonchev–Trinajstić information content (AvgIpc) is 2.40. The van der Waals surface area contributed by atoms with E-state index >= 15 is 0 Å². The zero-order valence-electron chi connectivity index (χ0n) is 8.84. The molecule has 0 spiro atoms. The van der Waals surface area contributed by atoms with Gasteiger partial charge in [-0.15, -0.1) is 0 Å². The maximum atomic E-state index is 9.21. The maximum absolute atomic E-state index is 9.21. The number of rotatable bonds is 3. The Kier molecular flexibility index (Phi) is 3.00. The van der Waals surface area contributed by atoms with Gasteiger partial charge >= 0.3 is 0 Å². The maximum Gasteiger partial charge on any atom is 0.0698 e. The van der Waals surface area contributed by atoms with Crippen molar-refractivity contribution < 1.29 is 9.84 Å². The fourth-order valence-electron chi connectivity index (χ4n) is 2.50. The molecule has 0 aromatic rings. The first-order valence-electron chi connectivity index (χ1n) is 4.95. The third kappa shape index (κ3) is 1.49. The summed E-state index contributed by atoms with van der Waals surface area (Å²) in [6.07, 6.45) is 0.957. The largest absolute Gasteiger partial charge is 0.396 e. The minimum Gasteiger partial charge on any atom is -0.396 e. The van der Waals surface area contributed by atoms with Crippen LogP contribution < -0.4 is 5.73 Å². The van der Waals surface area contributed by atoms with E-state index in [1.807, 2.05) is 6.92 Å². The second-order valence-corrected chi connectivity index (χ2v) is 4.55. The molecule has 13 heavy (non-hydrogen) atoms. The summed E-state index contributed by atoms with van der Waals surface area (Å²) < 4.78 is 5.68. The molecule has 0 aromatic carbocycles. The minimum absolute atomic E-state index is 0.0538. The molecule has 1 heterocycles. The predicted molar refractivity (Wildman–Crippen MR) is 52.4 cm³/mol. The molecule has 1 aliphatic rings. The average molecular weight is 187 g/mol. The molecule has 0 amide bonds. The Morgan fingerprint density at radius 3 is 2.46 bits per heavy atom. The van der Waals surface area contributed by atoms with Crippen LogP contribution in [0.5, 0.6) is 0 Å². The van der Waals surface area contributed by atoms with Gasteiger partial charge < -0.3 is 15.6 Å². The molecular weight excluding hydrogens is 166 g/mol. The van der Waals surface area contributed by atoms with Crippen LogP contribution in [0, 0.1) is 11.3 Å². The molecule has 3 nitrogen and oxygen atoms in total. The minimum atomic E-state index is -0.204. The van der Waals surface area contributed by atoms with Crippen molar-refractivity contribution >= 4 is 0 Å². The monoisotopic (exact) mass is 187 g/mol. The SMILES string of the molecule is CC(CO)C1(CN)CCOC1(C)C. The highest BCUT2D eigenvalue weighted by Crippen LogP contribution is 2.47. The Morgan fingerprint density at radius 2 is 2.15 bits per heavy atom. The van der Waals surface area contributed by atoms with Gasteiger partial charge in [-0.1, -0.05) is 6.92 Å². The van der Waals surface area contributed by atoms with E-state index in [0.29, 0.717) is 6.54 Å². The fraction of sp³-hybridized carbons (Fsp3) is 1.00. The van der Waals surface area contributed by atoms with Crippen molar-refractivity contribution in [2.24, 2.45) is 17.1 Å². The molecule has 2 atom stereocenters. The molecule has 78 valence electrons. The van der Waals surface area contributed by atoms with Gasteiger partial charge in [-0.25, -0.2) is 0 Å². The lowest BCUT2D eigenvalue weighted by Crippen LogP contribution is -2.50. The first-order chi connectivity index (χ1) is 6.00. The van der Waals surface area contributed by atoms with E-state index in [4.69, 9.17) is 10.5 Å². The van der Waals surface area contributed by atoms with Crippen molar-refractivity contribution in [3.63, 3.8) is 0 Å². The van der Waals surface area contributed by atoms with Gasteiger partial charge in [0.25, 0.3) is 0 Å². The molecule has 1 aliphatic heterocycles. The summed E-state index contributed by atoms with van der Waals surface area (Å²) in [5.41, 5.74) is 5.57. The van der Waals surface area contributed by atoms with Gasteiger partial charge in [-0.2, -0.15) is 0 Å². The van der Waals surface area contributed by atoms with Crippen LogP contribution in [0.15, 0.2) is 0 Å². The van der Waals surface area contributed by atoms with E-state index in [-0.39, 0.29) is 23.5 Å². The lowest BCUT2D eigenvalue weighted by molar-refractivity contribution is -0.0623. The fourth-order valence-corrected chi connectivity index (χ4v) is 2.50. The quantitative estimate of drug-likeness (QED) is 0.686. The first-order valence-corrected chi connectivity index (χ1v) is 4.95. The number of hydrogen-bond donors (Lipinski definition) is 2. The van der Waals surface area contributed by atoms with Gasteiger partial charge in [0.1, 0.15) is 0 Å². The standard InChI is InChI=1S/C10H21NO2/c1-8(6-12)10(7-11)4-5-13-9(10,2)3/h8,12H,4-7,11H2,1-3H3. The summed E-state index contributed by atoms with van der Waals surface area (Å²) in [6.45, 7) is 7.71. The molecule has 1 saturated heterocycles. The van der Waals surface area contributed by atoms with Gasteiger partial charge in [0.05, 0.1) is 5.60 Å². The van der Waals surface area contributed by atoms with Crippen LogP contribution >= 0.6 is 0 Å². The highest BCUT2D eigenvalue weighted by Gasteiger charge is 2.52. The van der Waals surface area contributed by atoms with E-state index in [0.717, 1.165) is 13.0 Å². The van der Waals surface area contributed by atoms with Gasteiger partial charge in [-0.05, 0) is 26.2 Å². The van der Waals surface area contributed by atoms with E-state index in [1.165, 1.54) is 0 Å². The third-order valence-electron chi connectivity index (χ3n) is 3.79. The first kappa shape index (κ1) is 11.0. The van der Waals surface area contributed by atoms with Gasteiger partial charge in [-0.3, -0.25) is 0 Å². The Hall–Kier alpha value is -0.120. The molecule has 1 fully saturated rings. The number of ether oxygens (including phenoxy) is 1. The molecule has 2 unspecified atom stereocenters. The molecule has 0 aromatic heterocycles. The van der Waals surface area contributed by atoms with Crippen LogP contribution in [0.1, 0.15) is 27.2 Å². The summed E-state index contributed by atoms with van der Waals surface area (Å²) in [7, 11) is 0. The zero-order chi connectivity index (χ0) is 10.1. The third-order valence-corrected chi connectivity index (χ3v) is 3.79. The lowest BCUT2D eigenvalue weighted by atomic mass is 9.65. The molecule has 0 aliphatic carbocycles. The van der Waals surface area contributed by atoms with Crippen molar-refractivity contribution in [3.05, 3.63) is 0 Å². The summed E-state index contributed by atoms with van der Waals surface area (Å²) in [6, 6.07) is 0. The van der Waals surface area contributed by atoms with E-state index in [1.54, 1.807) is 0 Å². The highest BCUT2D eigenvalue weighted by atomic mass is 16.5. The molecular formula is C10H21NO2. The van der Waals surface area contributed by atoms with Crippen LogP contribution in [0.25, 0.3) is 0 Å². The highest BCUT2D eigenvalue weighted by molar-refractivity contribution is 5.02. The number of hydrogen-bond acceptors (Lipinski definition) is 3. The second-order valence-electron chi connectivity index (χ2n) is 4.55. The second kappa shape index (κ2) is 3.56. The molecule has 3 heteroatoms. The summed E-state index contributed by atoms with van der Waals surface area (Å²) >= 11 is 0. The lowest BCUT2D eigenvalue weighted by Gasteiger charge is -2.43. The Bertz CT molecular complexity index is 182. The molecule has 1 rings (SSSR count). The molecule has 3 N–H and O–H groups in total. The van der Waals surface area contributed by atoms with E-state index in [9.17, 15) is 5.11 Å². The van der Waals surface area contributed by atoms with Crippen LogP contribution in [0.2, 0.25) is 0 Å². The van der Waals surface area contributed by atoms with E-state index in [2.05, 4.69) is 13.8 Å². The van der Waals surface area contributed by atoms with E-state index < -0.39 is 0 Å². The normalized spacial score (nSPS) is 34.8. The van der Waals surface area contributed by atoms with Crippen LogP contribution in [0.3, 0.4) is 0 Å². The van der Waals surface area contributed by atoms with Crippen LogP contribution in [-0.2, 0) is 4.74 Å². The summed E-state index contributed by atoms with van der Waals surface area (Å²) in [4.78, 5) is 0. The van der Waals surface area contributed by atoms with Crippen molar-refractivity contribution in [1.29, 1.82) is 0 Å². The van der Waals surface area contributed by atoms with Crippen molar-refractivity contribution in [2.45, 2.75) is 32.8 Å². The molecule has 0 saturated carbocycles. The molecule has 0 radical (unpaired) electrons. The van der Waals surface area contributed by atoms with Gasteiger partial charge in [0.2, 0.25) is 0 Å². The molecule has 0 bridgehead atoms. The number of aliphatic hydroxyl groups is 1. The van der Waals surface area contributed by atoms with Crippen molar-refractivity contribution in [2.75, 3.05) is 19.8 Å². The zero-order valence-corrected chi connectivity index (χ0v) is 8.84. The Labute approximate surface area is 80.3 Å². The van der Waals surface area contributed by atoms with Crippen LogP contribution in [0.4, 0.5) is 0 Å². The predicted octanol–water partition coefficient (Wildman–Crippen LogP) is 0.759. The van der Waals surface area contributed by atoms with Gasteiger partial charge in [0, 0.05) is 25.2 Å². The Morgan fingerprint density at radius 1 is 1.54 bits per heavy atom. The number of nitrogens with two attached hydrogens (primary N) is 1. The smallest absolute Gasteiger partial charge is 0.0698 e. The Balaban J connectivity index is 2.91. The van der Waals surface area contributed by atoms with Gasteiger partial charge in [0.15, 0.2) is 0 Å². The van der Waals surface area contributed by atoms with Crippen LogP contribution in [-0.4, -0.2) is 30.5 Å². The van der Waals surface area contributed by atoms with Crippen molar-refractivity contribution in [3.8, 4) is 0 Å². The van der Waals surface area contributed by atoms with Crippen molar-refractivity contribution in [1.82, 2.24) is 0 Å². The number of aliphatic hydroxyl groups excluding tert-OH is 1. The topological polar surface area (TPSA) is 55.5 Å². The summed E-state index contributed by atoms with van der Waals surface area (Å²) in [5.74, 6) is 0.204. The summed E-state index contributed by atoms with van der Waals surface area (Å²) in [5, 5.41) is 9.21.